The Hall–Kier alpha value is -2.60. The van der Waals surface area contributed by atoms with Crippen LogP contribution in [0.4, 0.5) is 5.82 Å². The van der Waals surface area contributed by atoms with Gasteiger partial charge in [-0.3, -0.25) is 14.6 Å². The lowest BCUT2D eigenvalue weighted by atomic mass is 10.0. The average Bonchev–Trinajstić information content (AvgIpc) is 2.60. The highest BCUT2D eigenvalue weighted by atomic mass is 16.5. The molecule has 0 spiro atoms. The van der Waals surface area contributed by atoms with Gasteiger partial charge in [0.2, 0.25) is 0 Å². The summed E-state index contributed by atoms with van der Waals surface area (Å²) in [5, 5.41) is 0. The molecule has 1 saturated heterocycles. The van der Waals surface area contributed by atoms with Crippen LogP contribution in [0.5, 0.6) is 0 Å². The molecule has 6 heteroatoms. The fraction of sp³-hybridized carbons (Fsp3) is 0.333. The molecule has 6 nitrogen and oxygen atoms in total. The molecule has 2 aromatic rings. The van der Waals surface area contributed by atoms with Gasteiger partial charge < -0.3 is 9.64 Å². The van der Waals surface area contributed by atoms with Crippen molar-refractivity contribution in [1.82, 2.24) is 9.97 Å². The van der Waals surface area contributed by atoms with Crippen molar-refractivity contribution in [2.75, 3.05) is 18.0 Å². The number of pyridine rings is 2. The van der Waals surface area contributed by atoms with Crippen LogP contribution in [0.15, 0.2) is 30.7 Å². The van der Waals surface area contributed by atoms with Crippen molar-refractivity contribution in [3.8, 4) is 11.1 Å². The van der Waals surface area contributed by atoms with Crippen LogP contribution in [-0.4, -0.2) is 47.8 Å². The van der Waals surface area contributed by atoms with E-state index in [-0.39, 0.29) is 12.2 Å². The first kappa shape index (κ1) is 16.3. The highest BCUT2D eigenvalue weighted by molar-refractivity contribution is 5.90. The van der Waals surface area contributed by atoms with Gasteiger partial charge in [0, 0.05) is 42.8 Å². The number of aromatic nitrogens is 2. The van der Waals surface area contributed by atoms with Crippen molar-refractivity contribution in [2.45, 2.75) is 26.1 Å². The van der Waals surface area contributed by atoms with Crippen molar-refractivity contribution >= 4 is 18.4 Å². The zero-order valence-electron chi connectivity index (χ0n) is 13.7. The van der Waals surface area contributed by atoms with Gasteiger partial charge in [-0.15, -0.1) is 0 Å². The van der Waals surface area contributed by atoms with Gasteiger partial charge in [0.25, 0.3) is 0 Å². The highest BCUT2D eigenvalue weighted by Crippen LogP contribution is 2.27. The summed E-state index contributed by atoms with van der Waals surface area (Å²) in [6.45, 7) is 5.38. The summed E-state index contributed by atoms with van der Waals surface area (Å²) in [4.78, 5) is 33.3. The Morgan fingerprint density at radius 2 is 1.83 bits per heavy atom. The minimum absolute atomic E-state index is 0.0802. The number of hydrogen-bond acceptors (Lipinski definition) is 6. The predicted molar refractivity (Wildman–Crippen MR) is 90.5 cm³/mol. The lowest BCUT2D eigenvalue weighted by Crippen LogP contribution is -2.46. The van der Waals surface area contributed by atoms with E-state index in [1.165, 1.54) is 6.20 Å². The van der Waals surface area contributed by atoms with Crippen molar-refractivity contribution < 1.29 is 14.3 Å². The van der Waals surface area contributed by atoms with E-state index < -0.39 is 0 Å². The van der Waals surface area contributed by atoms with E-state index in [1.807, 2.05) is 13.8 Å². The molecule has 3 rings (SSSR count). The summed E-state index contributed by atoms with van der Waals surface area (Å²) < 4.78 is 5.73. The van der Waals surface area contributed by atoms with Gasteiger partial charge in [-0.2, -0.15) is 0 Å². The molecule has 0 radical (unpaired) electrons. The third-order valence-electron chi connectivity index (χ3n) is 4.03. The molecule has 1 aliphatic heterocycles. The first-order valence-corrected chi connectivity index (χ1v) is 7.87. The summed E-state index contributed by atoms with van der Waals surface area (Å²) in [6.07, 6.45) is 6.52. The molecule has 0 amide bonds. The van der Waals surface area contributed by atoms with Crippen LogP contribution < -0.4 is 4.90 Å². The van der Waals surface area contributed by atoms with Crippen LogP contribution in [-0.2, 0) is 4.74 Å². The molecule has 0 saturated carbocycles. The van der Waals surface area contributed by atoms with Gasteiger partial charge in [-0.25, -0.2) is 4.98 Å². The predicted octanol–water partition coefficient (Wildman–Crippen LogP) is 2.38. The Labute approximate surface area is 140 Å². The Balaban J connectivity index is 1.99. The van der Waals surface area contributed by atoms with E-state index >= 15 is 0 Å². The van der Waals surface area contributed by atoms with Gasteiger partial charge in [-0.05, 0) is 31.5 Å². The molecule has 0 N–H and O–H groups in total. The maximum absolute atomic E-state index is 11.6. The first-order chi connectivity index (χ1) is 11.6. The molecule has 124 valence electrons. The van der Waals surface area contributed by atoms with E-state index in [2.05, 4.69) is 14.9 Å². The van der Waals surface area contributed by atoms with Gasteiger partial charge >= 0.3 is 0 Å². The molecule has 2 atom stereocenters. The standard InChI is InChI=1S/C18H19N3O3/c1-12-8-21(9-13(2)24-12)18-15(10-22)5-14(7-20-18)17-3-4-19-6-16(17)11-23/h3-7,10-13H,8-9H2,1-2H3/t12-,13+. The fourth-order valence-electron chi connectivity index (χ4n) is 3.09. The second-order valence-corrected chi connectivity index (χ2v) is 6.00. The second kappa shape index (κ2) is 6.88. The molecule has 0 aliphatic carbocycles. The second-order valence-electron chi connectivity index (χ2n) is 6.00. The maximum atomic E-state index is 11.6. The third kappa shape index (κ3) is 3.19. The summed E-state index contributed by atoms with van der Waals surface area (Å²) in [7, 11) is 0. The molecule has 0 unspecified atom stereocenters. The van der Waals surface area contributed by atoms with Crippen molar-refractivity contribution in [3.63, 3.8) is 0 Å². The lowest BCUT2D eigenvalue weighted by molar-refractivity contribution is -0.00549. The number of aldehydes is 2. The number of morpholine rings is 1. The van der Waals surface area contributed by atoms with E-state index in [0.29, 0.717) is 35.6 Å². The van der Waals surface area contributed by atoms with Gasteiger partial charge in [0.15, 0.2) is 12.6 Å². The number of rotatable bonds is 4. The normalized spacial score (nSPS) is 20.7. The number of nitrogens with zero attached hydrogens (tertiary/aromatic N) is 3. The zero-order valence-corrected chi connectivity index (χ0v) is 13.7. The monoisotopic (exact) mass is 325 g/mol. The molecule has 0 aromatic carbocycles. The Bertz CT molecular complexity index is 753. The number of carbonyl (C=O) groups excluding carboxylic acids is 2. The summed E-state index contributed by atoms with van der Waals surface area (Å²) >= 11 is 0. The number of ether oxygens (including phenoxy) is 1. The van der Waals surface area contributed by atoms with Crippen LogP contribution in [0.25, 0.3) is 11.1 Å². The minimum atomic E-state index is 0.0802. The molecule has 0 bridgehead atoms. The molecular weight excluding hydrogens is 306 g/mol. The van der Waals surface area contributed by atoms with Crippen LogP contribution in [0, 0.1) is 0 Å². The quantitative estimate of drug-likeness (QED) is 0.804. The van der Waals surface area contributed by atoms with Crippen molar-refractivity contribution in [1.29, 1.82) is 0 Å². The first-order valence-electron chi connectivity index (χ1n) is 7.87. The molecule has 3 heterocycles. The number of carbonyl (C=O) groups is 2. The maximum Gasteiger partial charge on any atom is 0.153 e. The van der Waals surface area contributed by atoms with Crippen LogP contribution in [0.2, 0.25) is 0 Å². The summed E-state index contributed by atoms with van der Waals surface area (Å²) in [5.41, 5.74) is 2.41. The smallest absolute Gasteiger partial charge is 0.153 e. The van der Waals surface area contributed by atoms with E-state index in [1.54, 1.807) is 24.5 Å². The van der Waals surface area contributed by atoms with Crippen LogP contribution >= 0.6 is 0 Å². The molecule has 2 aromatic heterocycles. The third-order valence-corrected chi connectivity index (χ3v) is 4.03. The zero-order chi connectivity index (χ0) is 17.1. The van der Waals surface area contributed by atoms with E-state index in [4.69, 9.17) is 4.74 Å². The van der Waals surface area contributed by atoms with Crippen LogP contribution in [0.1, 0.15) is 34.6 Å². The summed E-state index contributed by atoms with van der Waals surface area (Å²) in [5.74, 6) is 0.650. The minimum Gasteiger partial charge on any atom is -0.372 e. The van der Waals surface area contributed by atoms with Crippen molar-refractivity contribution in [2.24, 2.45) is 0 Å². The SMILES string of the molecule is C[C@@H]1CN(c2ncc(-c3ccncc3C=O)cc2C=O)C[C@H](C)O1. The Morgan fingerprint density at radius 3 is 2.50 bits per heavy atom. The largest absolute Gasteiger partial charge is 0.372 e. The van der Waals surface area contributed by atoms with Crippen LogP contribution in [0.3, 0.4) is 0 Å². The van der Waals surface area contributed by atoms with E-state index in [0.717, 1.165) is 18.1 Å². The topological polar surface area (TPSA) is 72.4 Å². The Kier molecular flexibility index (Phi) is 4.66. The summed E-state index contributed by atoms with van der Waals surface area (Å²) in [6, 6.07) is 3.51. The molecule has 1 aliphatic rings. The van der Waals surface area contributed by atoms with Gasteiger partial charge in [0.1, 0.15) is 5.82 Å². The Morgan fingerprint density at radius 1 is 1.12 bits per heavy atom. The molecule has 24 heavy (non-hydrogen) atoms. The lowest BCUT2D eigenvalue weighted by Gasteiger charge is -2.36. The molecular formula is C18H19N3O3. The van der Waals surface area contributed by atoms with E-state index in [9.17, 15) is 9.59 Å². The number of anilines is 1. The molecule has 1 fully saturated rings. The highest BCUT2D eigenvalue weighted by Gasteiger charge is 2.25. The fourth-order valence-corrected chi connectivity index (χ4v) is 3.09. The van der Waals surface area contributed by atoms with Crippen molar-refractivity contribution in [3.05, 3.63) is 41.9 Å². The average molecular weight is 325 g/mol. The number of hydrogen-bond donors (Lipinski definition) is 0. The van der Waals surface area contributed by atoms with Gasteiger partial charge in [-0.1, -0.05) is 0 Å². The van der Waals surface area contributed by atoms with Gasteiger partial charge in [0.05, 0.1) is 17.8 Å².